The first-order chi connectivity index (χ1) is 9.19. The van der Waals surface area contributed by atoms with Crippen molar-refractivity contribution in [3.05, 3.63) is 11.6 Å². The molecule has 1 amide bonds. The van der Waals surface area contributed by atoms with Crippen LogP contribution in [-0.2, 0) is 0 Å². The number of H-pyrrole nitrogens is 1. The fourth-order valence-electron chi connectivity index (χ4n) is 2.70. The van der Waals surface area contributed by atoms with E-state index in [0.717, 1.165) is 44.8 Å². The number of carbonyl (C=O) groups excluding carboxylic acids is 1. The predicted molar refractivity (Wildman–Crippen MR) is 71.0 cm³/mol. The van der Waals surface area contributed by atoms with E-state index in [2.05, 4.69) is 33.9 Å². The number of nitrogens with zero attached hydrogens (tertiary/aromatic N) is 4. The summed E-state index contributed by atoms with van der Waals surface area (Å²) in [6.07, 6.45) is 2.32. The summed E-state index contributed by atoms with van der Waals surface area (Å²) in [7, 11) is 0. The zero-order chi connectivity index (χ0) is 13.4. The molecule has 1 aromatic rings. The number of nitrogens with one attached hydrogen (secondary N) is 1. The lowest BCUT2D eigenvalue weighted by Crippen LogP contribution is -2.53. The summed E-state index contributed by atoms with van der Waals surface area (Å²) in [6.45, 7) is 7.82. The third kappa shape index (κ3) is 2.49. The average molecular weight is 263 g/mol. The van der Waals surface area contributed by atoms with E-state index >= 15 is 0 Å². The summed E-state index contributed by atoms with van der Waals surface area (Å²) in [5.74, 6) is 1.68. The van der Waals surface area contributed by atoms with Gasteiger partial charge in [-0.25, -0.2) is 4.98 Å². The van der Waals surface area contributed by atoms with E-state index in [1.807, 2.05) is 4.90 Å². The van der Waals surface area contributed by atoms with Crippen LogP contribution in [0.25, 0.3) is 0 Å². The van der Waals surface area contributed by atoms with Gasteiger partial charge in [0.1, 0.15) is 5.82 Å². The molecule has 2 aliphatic rings. The Morgan fingerprint density at radius 2 is 2.21 bits per heavy atom. The number of aromatic amines is 1. The average Bonchev–Trinajstić information content (AvgIpc) is 3.16. The quantitative estimate of drug-likeness (QED) is 0.878. The van der Waals surface area contributed by atoms with E-state index in [-0.39, 0.29) is 5.91 Å². The highest BCUT2D eigenvalue weighted by atomic mass is 16.2. The van der Waals surface area contributed by atoms with E-state index in [1.54, 1.807) is 0 Å². The standard InChI is InChI=1S/C13H21N5O/c1-3-17-6-7-18(8-9(17)2)13(19)12-14-11(15-16-12)10-4-5-10/h9-10H,3-8H2,1-2H3,(H,14,15,16). The lowest BCUT2D eigenvalue weighted by molar-refractivity contribution is 0.0517. The lowest BCUT2D eigenvalue weighted by atomic mass is 10.2. The maximum absolute atomic E-state index is 12.4. The molecule has 1 saturated heterocycles. The van der Waals surface area contributed by atoms with Crippen molar-refractivity contribution in [3.63, 3.8) is 0 Å². The fourth-order valence-corrected chi connectivity index (χ4v) is 2.70. The van der Waals surface area contributed by atoms with Gasteiger partial charge in [-0.05, 0) is 26.3 Å². The molecule has 0 radical (unpaired) electrons. The van der Waals surface area contributed by atoms with Crippen LogP contribution in [0.3, 0.4) is 0 Å². The van der Waals surface area contributed by atoms with Crippen LogP contribution in [0.2, 0.25) is 0 Å². The Labute approximate surface area is 113 Å². The zero-order valence-electron chi connectivity index (χ0n) is 11.6. The van der Waals surface area contributed by atoms with Gasteiger partial charge in [-0.3, -0.25) is 14.8 Å². The van der Waals surface area contributed by atoms with Gasteiger partial charge in [-0.15, -0.1) is 5.10 Å². The van der Waals surface area contributed by atoms with E-state index in [1.165, 1.54) is 0 Å². The van der Waals surface area contributed by atoms with Crippen LogP contribution >= 0.6 is 0 Å². The van der Waals surface area contributed by atoms with Crippen LogP contribution in [-0.4, -0.2) is 63.1 Å². The van der Waals surface area contributed by atoms with Gasteiger partial charge < -0.3 is 4.90 Å². The van der Waals surface area contributed by atoms with E-state index in [9.17, 15) is 4.79 Å². The van der Waals surface area contributed by atoms with Crippen molar-refractivity contribution in [1.82, 2.24) is 25.0 Å². The molecule has 0 aromatic carbocycles. The topological polar surface area (TPSA) is 65.1 Å². The summed E-state index contributed by atoms with van der Waals surface area (Å²) in [5, 5.41) is 6.98. The maximum atomic E-state index is 12.4. The van der Waals surface area contributed by atoms with Crippen LogP contribution in [0.4, 0.5) is 0 Å². The number of likely N-dealkylation sites (N-methyl/N-ethyl adjacent to an activating group) is 1. The Bertz CT molecular complexity index is 467. The third-order valence-electron chi connectivity index (χ3n) is 4.12. The van der Waals surface area contributed by atoms with Crippen molar-refractivity contribution in [1.29, 1.82) is 0 Å². The zero-order valence-corrected chi connectivity index (χ0v) is 11.6. The highest BCUT2D eigenvalue weighted by molar-refractivity contribution is 5.90. The largest absolute Gasteiger partial charge is 0.333 e. The van der Waals surface area contributed by atoms with Gasteiger partial charge in [-0.2, -0.15) is 0 Å². The first-order valence-corrected chi connectivity index (χ1v) is 7.14. The lowest BCUT2D eigenvalue weighted by Gasteiger charge is -2.38. The molecule has 19 heavy (non-hydrogen) atoms. The van der Waals surface area contributed by atoms with Gasteiger partial charge in [0.15, 0.2) is 0 Å². The molecule has 1 aliphatic carbocycles. The molecule has 1 aromatic heterocycles. The van der Waals surface area contributed by atoms with Gasteiger partial charge in [-0.1, -0.05) is 6.92 Å². The van der Waals surface area contributed by atoms with Crippen molar-refractivity contribution >= 4 is 5.91 Å². The summed E-state index contributed by atoms with van der Waals surface area (Å²) in [6, 6.07) is 0.407. The molecular formula is C13H21N5O. The van der Waals surface area contributed by atoms with E-state index in [4.69, 9.17) is 0 Å². The number of aromatic nitrogens is 3. The molecule has 0 bridgehead atoms. The summed E-state index contributed by atoms with van der Waals surface area (Å²) < 4.78 is 0. The second-order valence-electron chi connectivity index (χ2n) is 5.55. The Morgan fingerprint density at radius 3 is 2.84 bits per heavy atom. The monoisotopic (exact) mass is 263 g/mol. The minimum absolute atomic E-state index is 0.0363. The summed E-state index contributed by atoms with van der Waals surface area (Å²) in [5.41, 5.74) is 0. The molecule has 2 heterocycles. The maximum Gasteiger partial charge on any atom is 0.293 e. The van der Waals surface area contributed by atoms with Gasteiger partial charge in [0.2, 0.25) is 5.82 Å². The minimum atomic E-state index is -0.0363. The Kier molecular flexibility index (Phi) is 3.26. The van der Waals surface area contributed by atoms with E-state index < -0.39 is 0 Å². The molecule has 6 heteroatoms. The second kappa shape index (κ2) is 4.92. The number of amides is 1. The Morgan fingerprint density at radius 1 is 1.42 bits per heavy atom. The molecule has 1 N–H and O–H groups in total. The number of hydrogen-bond acceptors (Lipinski definition) is 4. The van der Waals surface area contributed by atoms with Crippen molar-refractivity contribution in [2.75, 3.05) is 26.2 Å². The molecule has 2 fully saturated rings. The highest BCUT2D eigenvalue weighted by Crippen LogP contribution is 2.37. The molecule has 6 nitrogen and oxygen atoms in total. The van der Waals surface area contributed by atoms with Crippen LogP contribution < -0.4 is 0 Å². The Hall–Kier alpha value is -1.43. The van der Waals surface area contributed by atoms with Gasteiger partial charge in [0.05, 0.1) is 0 Å². The van der Waals surface area contributed by atoms with Crippen molar-refractivity contribution < 1.29 is 4.79 Å². The van der Waals surface area contributed by atoms with Crippen molar-refractivity contribution in [2.45, 2.75) is 38.6 Å². The second-order valence-corrected chi connectivity index (χ2v) is 5.55. The van der Waals surface area contributed by atoms with Gasteiger partial charge in [0.25, 0.3) is 5.91 Å². The number of carbonyl (C=O) groups is 1. The molecule has 1 aliphatic heterocycles. The molecule has 1 atom stereocenters. The first-order valence-electron chi connectivity index (χ1n) is 7.14. The first kappa shape index (κ1) is 12.6. The number of rotatable bonds is 3. The molecule has 1 saturated carbocycles. The fraction of sp³-hybridized carbons (Fsp3) is 0.769. The Balaban J connectivity index is 1.66. The molecule has 0 spiro atoms. The van der Waals surface area contributed by atoms with Crippen LogP contribution in [0, 0.1) is 0 Å². The molecule has 1 unspecified atom stereocenters. The number of hydrogen-bond donors (Lipinski definition) is 1. The summed E-state index contributed by atoms with van der Waals surface area (Å²) >= 11 is 0. The predicted octanol–water partition coefficient (Wildman–Crippen LogP) is 0.848. The van der Waals surface area contributed by atoms with Gasteiger partial charge in [0, 0.05) is 31.6 Å². The van der Waals surface area contributed by atoms with Crippen LogP contribution in [0.1, 0.15) is 49.1 Å². The summed E-state index contributed by atoms with van der Waals surface area (Å²) in [4.78, 5) is 21.0. The van der Waals surface area contributed by atoms with Gasteiger partial charge >= 0.3 is 0 Å². The normalized spacial score (nSPS) is 24.7. The minimum Gasteiger partial charge on any atom is -0.333 e. The molecule has 3 rings (SSSR count). The SMILES string of the molecule is CCN1CCN(C(=O)c2n[nH]c(C3CC3)n2)CC1C. The van der Waals surface area contributed by atoms with E-state index in [0.29, 0.717) is 17.8 Å². The van der Waals surface area contributed by atoms with Crippen LogP contribution in [0.5, 0.6) is 0 Å². The smallest absolute Gasteiger partial charge is 0.293 e. The van der Waals surface area contributed by atoms with Crippen LogP contribution in [0.15, 0.2) is 0 Å². The van der Waals surface area contributed by atoms with Crippen molar-refractivity contribution in [3.8, 4) is 0 Å². The third-order valence-corrected chi connectivity index (χ3v) is 4.12. The highest BCUT2D eigenvalue weighted by Gasteiger charge is 2.31. The molecule has 104 valence electrons. The number of piperazine rings is 1. The molecular weight excluding hydrogens is 242 g/mol. The van der Waals surface area contributed by atoms with Crippen molar-refractivity contribution in [2.24, 2.45) is 0 Å².